The topological polar surface area (TPSA) is 85.2 Å². The zero-order valence-electron chi connectivity index (χ0n) is 10.1. The van der Waals surface area contributed by atoms with Gasteiger partial charge in [0.2, 0.25) is 6.79 Å². The van der Waals surface area contributed by atoms with E-state index in [-0.39, 0.29) is 24.0 Å². The van der Waals surface area contributed by atoms with E-state index < -0.39 is 18.2 Å². The lowest BCUT2D eigenvalue weighted by Gasteiger charge is -2.18. The molecule has 1 aliphatic heterocycles. The summed E-state index contributed by atoms with van der Waals surface area (Å²) in [5.74, 6) is -0.0650. The van der Waals surface area contributed by atoms with Gasteiger partial charge < -0.3 is 24.4 Å². The Morgan fingerprint density at radius 2 is 2.05 bits per heavy atom. The van der Waals surface area contributed by atoms with Gasteiger partial charge in [0.15, 0.2) is 17.6 Å². The molecule has 104 valence electrons. The van der Waals surface area contributed by atoms with Crippen molar-refractivity contribution >= 4 is 17.6 Å². The fraction of sp³-hybridized carbons (Fsp3) is 0.417. The Labute approximate surface area is 114 Å². The van der Waals surface area contributed by atoms with Crippen molar-refractivity contribution in [2.24, 2.45) is 0 Å². The van der Waals surface area contributed by atoms with E-state index in [2.05, 4.69) is 4.74 Å². The van der Waals surface area contributed by atoms with Gasteiger partial charge in [0.1, 0.15) is 6.10 Å². The van der Waals surface area contributed by atoms with Crippen LogP contribution in [0.3, 0.4) is 0 Å². The van der Waals surface area contributed by atoms with Crippen molar-refractivity contribution < 1.29 is 29.2 Å². The third-order valence-electron chi connectivity index (χ3n) is 2.64. The summed E-state index contributed by atoms with van der Waals surface area (Å²) in [6.45, 7) is 1.77. The van der Waals surface area contributed by atoms with Gasteiger partial charge in [-0.05, 0) is 13.0 Å². The summed E-state index contributed by atoms with van der Waals surface area (Å²) >= 11 is 5.97. The van der Waals surface area contributed by atoms with Crippen molar-refractivity contribution in [3.8, 4) is 11.5 Å². The molecule has 0 aromatic heterocycles. The number of carbonyl (C=O) groups is 1. The summed E-state index contributed by atoms with van der Waals surface area (Å²) in [7, 11) is 0. The second-order valence-electron chi connectivity index (χ2n) is 3.87. The van der Waals surface area contributed by atoms with Crippen molar-refractivity contribution in [1.29, 1.82) is 0 Å². The molecule has 0 saturated carbocycles. The van der Waals surface area contributed by atoms with Crippen LogP contribution < -0.4 is 9.47 Å². The number of benzene rings is 1. The van der Waals surface area contributed by atoms with E-state index in [1.54, 1.807) is 6.92 Å². The zero-order valence-corrected chi connectivity index (χ0v) is 10.9. The first-order valence-corrected chi connectivity index (χ1v) is 6.04. The van der Waals surface area contributed by atoms with Gasteiger partial charge >= 0.3 is 5.97 Å². The van der Waals surface area contributed by atoms with Gasteiger partial charge in [-0.1, -0.05) is 11.6 Å². The standard InChI is InChI=1S/C12H13ClO6/c1-2-17-12(16)11(15)10(14)6-3-8-9(4-7(6)13)19-5-18-8/h3-4,10-11,14-15H,2,5H2,1H3. The molecule has 1 aromatic carbocycles. The van der Waals surface area contributed by atoms with Gasteiger partial charge in [-0.3, -0.25) is 0 Å². The first-order chi connectivity index (χ1) is 9.04. The molecule has 2 unspecified atom stereocenters. The van der Waals surface area contributed by atoms with Crippen LogP contribution in [0.4, 0.5) is 0 Å². The molecule has 0 aliphatic carbocycles. The summed E-state index contributed by atoms with van der Waals surface area (Å²) in [6.07, 6.45) is -3.21. The van der Waals surface area contributed by atoms with E-state index >= 15 is 0 Å². The lowest BCUT2D eigenvalue weighted by Crippen LogP contribution is -2.30. The van der Waals surface area contributed by atoms with Gasteiger partial charge in [0.05, 0.1) is 11.6 Å². The molecular formula is C12H13ClO6. The van der Waals surface area contributed by atoms with E-state index in [4.69, 9.17) is 21.1 Å². The van der Waals surface area contributed by atoms with Crippen LogP contribution in [0.25, 0.3) is 0 Å². The number of esters is 1. The highest BCUT2D eigenvalue weighted by atomic mass is 35.5. The van der Waals surface area contributed by atoms with Gasteiger partial charge in [0, 0.05) is 11.6 Å². The quantitative estimate of drug-likeness (QED) is 0.805. The maximum absolute atomic E-state index is 11.4. The molecule has 2 atom stereocenters. The van der Waals surface area contributed by atoms with Crippen molar-refractivity contribution in [3.63, 3.8) is 0 Å². The Bertz CT molecular complexity index is 489. The number of rotatable bonds is 4. The SMILES string of the molecule is CCOC(=O)C(O)C(O)c1cc2c(cc1Cl)OCO2. The van der Waals surface area contributed by atoms with Crippen molar-refractivity contribution in [1.82, 2.24) is 0 Å². The summed E-state index contributed by atoms with van der Waals surface area (Å²) in [5, 5.41) is 19.8. The van der Waals surface area contributed by atoms with Crippen LogP contribution >= 0.6 is 11.6 Å². The molecule has 2 rings (SSSR count). The normalized spacial score (nSPS) is 16.0. The van der Waals surface area contributed by atoms with E-state index in [1.807, 2.05) is 0 Å². The van der Waals surface area contributed by atoms with E-state index in [9.17, 15) is 15.0 Å². The number of aliphatic hydroxyl groups excluding tert-OH is 2. The molecule has 1 heterocycles. The van der Waals surface area contributed by atoms with Crippen LogP contribution in [0, 0.1) is 0 Å². The lowest BCUT2D eigenvalue weighted by molar-refractivity contribution is -0.159. The average molecular weight is 289 g/mol. The van der Waals surface area contributed by atoms with Crippen molar-refractivity contribution in [3.05, 3.63) is 22.7 Å². The van der Waals surface area contributed by atoms with Gasteiger partial charge in [-0.15, -0.1) is 0 Å². The molecule has 0 bridgehead atoms. The number of fused-ring (bicyclic) bond motifs is 1. The Balaban J connectivity index is 2.24. The number of hydrogen-bond acceptors (Lipinski definition) is 6. The van der Waals surface area contributed by atoms with Gasteiger partial charge in [-0.25, -0.2) is 4.79 Å². The van der Waals surface area contributed by atoms with Crippen LogP contribution in [-0.2, 0) is 9.53 Å². The maximum atomic E-state index is 11.4. The van der Waals surface area contributed by atoms with Gasteiger partial charge in [0.25, 0.3) is 0 Å². The molecule has 0 radical (unpaired) electrons. The van der Waals surface area contributed by atoms with Gasteiger partial charge in [-0.2, -0.15) is 0 Å². The molecule has 0 saturated heterocycles. The molecule has 0 spiro atoms. The number of carbonyl (C=O) groups excluding carboxylic acids is 1. The monoisotopic (exact) mass is 288 g/mol. The molecular weight excluding hydrogens is 276 g/mol. The third kappa shape index (κ3) is 2.75. The minimum absolute atomic E-state index is 0.0612. The predicted molar refractivity (Wildman–Crippen MR) is 65.2 cm³/mol. The number of halogens is 1. The number of ether oxygens (including phenoxy) is 3. The first kappa shape index (κ1) is 13.9. The number of aliphatic hydroxyl groups is 2. The highest BCUT2D eigenvalue weighted by Gasteiger charge is 2.30. The third-order valence-corrected chi connectivity index (χ3v) is 2.97. The molecule has 19 heavy (non-hydrogen) atoms. The maximum Gasteiger partial charge on any atom is 0.338 e. The van der Waals surface area contributed by atoms with E-state index in [1.165, 1.54) is 12.1 Å². The Hall–Kier alpha value is -1.50. The lowest BCUT2D eigenvalue weighted by atomic mass is 10.0. The average Bonchev–Trinajstić information content (AvgIpc) is 2.83. The summed E-state index contributed by atoms with van der Waals surface area (Å²) < 4.78 is 14.9. The molecule has 6 nitrogen and oxygen atoms in total. The highest BCUT2D eigenvalue weighted by Crippen LogP contribution is 2.39. The van der Waals surface area contributed by atoms with Crippen LogP contribution in [-0.4, -0.2) is 35.7 Å². The summed E-state index contributed by atoms with van der Waals surface area (Å²) in [4.78, 5) is 11.4. The minimum atomic E-state index is -1.71. The molecule has 0 fully saturated rings. The van der Waals surface area contributed by atoms with Crippen molar-refractivity contribution in [2.75, 3.05) is 13.4 Å². The summed E-state index contributed by atoms with van der Waals surface area (Å²) in [5.41, 5.74) is 0.173. The predicted octanol–water partition coefficient (Wildman–Crippen LogP) is 1.03. The molecule has 1 aliphatic rings. The molecule has 0 amide bonds. The smallest absolute Gasteiger partial charge is 0.338 e. The van der Waals surface area contributed by atoms with Crippen LogP contribution in [0.5, 0.6) is 11.5 Å². The molecule has 1 aromatic rings. The molecule has 7 heteroatoms. The Morgan fingerprint density at radius 1 is 1.42 bits per heavy atom. The highest BCUT2D eigenvalue weighted by molar-refractivity contribution is 6.31. The van der Waals surface area contributed by atoms with E-state index in [0.717, 1.165) is 0 Å². The minimum Gasteiger partial charge on any atom is -0.464 e. The fourth-order valence-electron chi connectivity index (χ4n) is 1.69. The second kappa shape index (κ2) is 5.64. The summed E-state index contributed by atoms with van der Waals surface area (Å²) in [6, 6.07) is 2.89. The largest absolute Gasteiger partial charge is 0.464 e. The van der Waals surface area contributed by atoms with E-state index in [0.29, 0.717) is 11.5 Å². The fourth-order valence-corrected chi connectivity index (χ4v) is 1.95. The van der Waals surface area contributed by atoms with Crippen LogP contribution in [0.1, 0.15) is 18.6 Å². The van der Waals surface area contributed by atoms with Crippen molar-refractivity contribution in [2.45, 2.75) is 19.1 Å². The van der Waals surface area contributed by atoms with Crippen LogP contribution in [0.2, 0.25) is 5.02 Å². The Morgan fingerprint density at radius 3 is 2.68 bits per heavy atom. The first-order valence-electron chi connectivity index (χ1n) is 5.66. The van der Waals surface area contributed by atoms with Crippen LogP contribution in [0.15, 0.2) is 12.1 Å². The Kier molecular flexibility index (Phi) is 4.14. The second-order valence-corrected chi connectivity index (χ2v) is 4.28. The number of hydrogen-bond donors (Lipinski definition) is 2. The zero-order chi connectivity index (χ0) is 14.0. The molecule has 2 N–H and O–H groups in total.